The lowest BCUT2D eigenvalue weighted by atomic mass is 10.1. The van der Waals surface area contributed by atoms with Crippen LogP contribution >= 0.6 is 15.9 Å². The van der Waals surface area contributed by atoms with Gasteiger partial charge >= 0.3 is 0 Å². The third-order valence-corrected chi connectivity index (χ3v) is 5.46. The Morgan fingerprint density at radius 1 is 1.23 bits per heavy atom. The summed E-state index contributed by atoms with van der Waals surface area (Å²) in [5, 5.41) is 3.38. The quantitative estimate of drug-likeness (QED) is 0.636. The minimum Gasteiger partial charge on any atom is -0.379 e. The zero-order valence-corrected chi connectivity index (χ0v) is 15.8. The zero-order valence-electron chi connectivity index (χ0n) is 14.2. The number of rotatable bonds is 5. The summed E-state index contributed by atoms with van der Waals surface area (Å²) in [6, 6.07) is 6.08. The highest BCUT2D eigenvalue weighted by Gasteiger charge is 2.31. The Bertz CT molecular complexity index is 962. The summed E-state index contributed by atoms with van der Waals surface area (Å²) < 4.78 is 16.3. The first-order valence-corrected chi connectivity index (χ1v) is 9.71. The Morgan fingerprint density at radius 3 is 2.81 bits per heavy atom. The Kier molecular flexibility index (Phi) is 3.85. The Labute approximate surface area is 159 Å². The molecule has 0 amide bonds. The molecule has 1 aliphatic carbocycles. The lowest BCUT2D eigenvalue weighted by Crippen LogP contribution is -2.48. The van der Waals surface area contributed by atoms with E-state index in [0.717, 1.165) is 27.3 Å². The number of nitrogens with one attached hydrogen (secondary N) is 1. The van der Waals surface area contributed by atoms with Crippen molar-refractivity contribution in [2.75, 3.05) is 23.3 Å². The molecule has 0 aromatic carbocycles. The number of fused-ring (bicyclic) bond motifs is 1. The molecular weight excluding hydrogens is 397 g/mol. The number of imidazole rings is 1. The molecule has 2 aliphatic rings. The molecule has 1 N–H and O–H groups in total. The summed E-state index contributed by atoms with van der Waals surface area (Å²) in [5.74, 6) is 0.652. The normalized spacial score (nSPS) is 17.5. The molecule has 3 aromatic heterocycles. The largest absolute Gasteiger partial charge is 0.379 e. The number of anilines is 2. The van der Waals surface area contributed by atoms with E-state index in [-0.39, 0.29) is 0 Å². The van der Waals surface area contributed by atoms with Gasteiger partial charge in [-0.3, -0.25) is 0 Å². The van der Waals surface area contributed by atoms with Gasteiger partial charge in [-0.15, -0.1) is 0 Å². The second-order valence-electron chi connectivity index (χ2n) is 7.12. The third kappa shape index (κ3) is 3.05. The molecule has 5 rings (SSSR count). The Balaban J connectivity index is 1.45. The molecule has 1 saturated heterocycles. The van der Waals surface area contributed by atoms with Crippen molar-refractivity contribution in [1.29, 1.82) is 0 Å². The predicted molar refractivity (Wildman–Crippen MR) is 104 cm³/mol. The molecule has 4 heterocycles. The standard InChI is InChI=1S/C19H19BrFN5/c20-18-6-15(3-4-22-18)23-7-16-11-26-8-13(12-1-2-12)5-17(19(26)24-16)25-9-14(21)10-25/h3-6,8,11-12,14H,1-2,7,9-10H2,(H,22,23). The first-order chi connectivity index (χ1) is 12.7. The van der Waals surface area contributed by atoms with E-state index in [9.17, 15) is 4.39 Å². The summed E-state index contributed by atoms with van der Waals surface area (Å²) in [4.78, 5) is 11.0. The second-order valence-corrected chi connectivity index (χ2v) is 7.93. The van der Waals surface area contributed by atoms with Crippen LogP contribution in [0.4, 0.5) is 15.8 Å². The fourth-order valence-electron chi connectivity index (χ4n) is 3.44. The van der Waals surface area contributed by atoms with Crippen molar-refractivity contribution >= 4 is 33.0 Å². The molecular formula is C19H19BrFN5. The van der Waals surface area contributed by atoms with Crippen LogP contribution in [0.15, 0.2) is 41.4 Å². The summed E-state index contributed by atoms with van der Waals surface area (Å²) in [6.07, 6.45) is 7.78. The van der Waals surface area contributed by atoms with Crippen LogP contribution in [0.5, 0.6) is 0 Å². The van der Waals surface area contributed by atoms with Crippen LogP contribution < -0.4 is 10.2 Å². The topological polar surface area (TPSA) is 45.5 Å². The van der Waals surface area contributed by atoms with Crippen molar-refractivity contribution in [1.82, 2.24) is 14.4 Å². The third-order valence-electron chi connectivity index (χ3n) is 5.03. The van der Waals surface area contributed by atoms with Crippen LogP contribution in [-0.4, -0.2) is 33.6 Å². The highest BCUT2D eigenvalue weighted by atomic mass is 79.9. The minimum absolute atomic E-state index is 0.468. The van der Waals surface area contributed by atoms with E-state index in [0.29, 0.717) is 25.6 Å². The van der Waals surface area contributed by atoms with Crippen LogP contribution in [0.3, 0.4) is 0 Å². The molecule has 7 heteroatoms. The van der Waals surface area contributed by atoms with E-state index in [4.69, 9.17) is 4.98 Å². The van der Waals surface area contributed by atoms with Gasteiger partial charge < -0.3 is 14.6 Å². The first kappa shape index (κ1) is 16.1. The Hall–Kier alpha value is -2.15. The fraction of sp³-hybridized carbons (Fsp3) is 0.368. The lowest BCUT2D eigenvalue weighted by molar-refractivity contribution is 0.275. The second kappa shape index (κ2) is 6.23. The molecule has 1 saturated carbocycles. The molecule has 1 aliphatic heterocycles. The van der Waals surface area contributed by atoms with Crippen LogP contribution in [0.25, 0.3) is 5.65 Å². The van der Waals surface area contributed by atoms with Gasteiger partial charge in [-0.2, -0.15) is 0 Å². The van der Waals surface area contributed by atoms with E-state index >= 15 is 0 Å². The average Bonchev–Trinajstić information content (AvgIpc) is 3.36. The number of nitrogens with zero attached hydrogens (tertiary/aromatic N) is 4. The molecule has 0 bridgehead atoms. The number of halogens is 2. The van der Waals surface area contributed by atoms with Crippen molar-refractivity contribution in [2.24, 2.45) is 0 Å². The van der Waals surface area contributed by atoms with Gasteiger partial charge in [0.1, 0.15) is 10.8 Å². The molecule has 5 nitrogen and oxygen atoms in total. The van der Waals surface area contributed by atoms with E-state index in [1.807, 2.05) is 12.1 Å². The molecule has 3 aromatic rings. The minimum atomic E-state index is -0.721. The zero-order chi connectivity index (χ0) is 17.7. The van der Waals surface area contributed by atoms with Crippen molar-refractivity contribution in [3.05, 3.63) is 52.7 Å². The smallest absolute Gasteiger partial charge is 0.160 e. The number of alkyl halides is 1. The number of hydrogen-bond donors (Lipinski definition) is 1. The van der Waals surface area contributed by atoms with E-state index < -0.39 is 6.17 Å². The predicted octanol–water partition coefficient (Wildman–Crippen LogP) is 4.14. The fourth-order valence-corrected chi connectivity index (χ4v) is 3.80. The Morgan fingerprint density at radius 2 is 2.08 bits per heavy atom. The van der Waals surface area contributed by atoms with Gasteiger partial charge in [0, 0.05) is 24.3 Å². The number of pyridine rings is 2. The summed E-state index contributed by atoms with van der Waals surface area (Å²) in [7, 11) is 0. The van der Waals surface area contributed by atoms with E-state index in [1.54, 1.807) is 6.20 Å². The van der Waals surface area contributed by atoms with Crippen LogP contribution in [-0.2, 0) is 6.54 Å². The number of aromatic nitrogens is 3. The maximum Gasteiger partial charge on any atom is 0.160 e. The van der Waals surface area contributed by atoms with E-state index in [2.05, 4.69) is 54.0 Å². The SMILES string of the molecule is FC1CN(c2cc(C3CC3)cn3cc(CNc4ccnc(Br)c4)nc23)C1. The van der Waals surface area contributed by atoms with E-state index in [1.165, 1.54) is 18.4 Å². The van der Waals surface area contributed by atoms with Gasteiger partial charge in [-0.25, -0.2) is 14.4 Å². The number of hydrogen-bond acceptors (Lipinski definition) is 4. The van der Waals surface area contributed by atoms with Crippen molar-refractivity contribution in [3.63, 3.8) is 0 Å². The molecule has 26 heavy (non-hydrogen) atoms. The highest BCUT2D eigenvalue weighted by molar-refractivity contribution is 9.10. The molecule has 2 fully saturated rings. The summed E-state index contributed by atoms with van der Waals surface area (Å²) in [5.41, 5.74) is 5.26. The monoisotopic (exact) mass is 415 g/mol. The molecule has 0 radical (unpaired) electrons. The highest BCUT2D eigenvalue weighted by Crippen LogP contribution is 2.42. The van der Waals surface area contributed by atoms with Gasteiger partial charge in [0.25, 0.3) is 0 Å². The van der Waals surface area contributed by atoms with Gasteiger partial charge in [0.2, 0.25) is 0 Å². The van der Waals surface area contributed by atoms with Gasteiger partial charge in [-0.1, -0.05) is 0 Å². The average molecular weight is 416 g/mol. The van der Waals surface area contributed by atoms with Crippen molar-refractivity contribution in [2.45, 2.75) is 31.5 Å². The van der Waals surface area contributed by atoms with Gasteiger partial charge in [0.05, 0.1) is 31.0 Å². The molecule has 0 spiro atoms. The molecule has 134 valence electrons. The molecule has 0 atom stereocenters. The maximum atomic E-state index is 13.4. The van der Waals surface area contributed by atoms with Crippen molar-refractivity contribution < 1.29 is 4.39 Å². The maximum absolute atomic E-state index is 13.4. The van der Waals surface area contributed by atoms with Crippen LogP contribution in [0, 0.1) is 0 Å². The summed E-state index contributed by atoms with van der Waals surface area (Å²) >= 11 is 3.38. The first-order valence-electron chi connectivity index (χ1n) is 8.92. The van der Waals surface area contributed by atoms with Crippen LogP contribution in [0.1, 0.15) is 30.0 Å². The van der Waals surface area contributed by atoms with Crippen molar-refractivity contribution in [3.8, 4) is 0 Å². The lowest BCUT2D eigenvalue weighted by Gasteiger charge is -2.36. The molecule has 0 unspecified atom stereocenters. The summed E-state index contributed by atoms with van der Waals surface area (Å²) in [6.45, 7) is 1.56. The van der Waals surface area contributed by atoms with Crippen LogP contribution in [0.2, 0.25) is 0 Å². The van der Waals surface area contributed by atoms with Gasteiger partial charge in [-0.05, 0) is 58.5 Å². The van der Waals surface area contributed by atoms with Gasteiger partial charge in [0.15, 0.2) is 5.65 Å².